The molecule has 0 saturated carbocycles. The standard InChI is InChI=1S/C10H14BrN3O2/c1-7(12-2)6-13-9-4-3-8(11)5-10(9)14(15)16/h3-5,7,12-13H,6H2,1-2H3. The molecule has 0 bridgehead atoms. The molecule has 0 aromatic heterocycles. The van der Waals surface area contributed by atoms with Crippen LogP contribution in [-0.4, -0.2) is 24.6 Å². The lowest BCUT2D eigenvalue weighted by Gasteiger charge is -2.12. The van der Waals surface area contributed by atoms with E-state index in [2.05, 4.69) is 26.6 Å². The van der Waals surface area contributed by atoms with Crippen LogP contribution in [0, 0.1) is 10.1 Å². The third kappa shape index (κ3) is 3.46. The number of rotatable bonds is 5. The Morgan fingerprint density at radius 2 is 2.25 bits per heavy atom. The lowest BCUT2D eigenvalue weighted by Crippen LogP contribution is -2.29. The Morgan fingerprint density at radius 1 is 1.56 bits per heavy atom. The maximum Gasteiger partial charge on any atom is 0.293 e. The van der Waals surface area contributed by atoms with Crippen LogP contribution in [0.4, 0.5) is 11.4 Å². The minimum atomic E-state index is -0.392. The van der Waals surface area contributed by atoms with Crippen molar-refractivity contribution < 1.29 is 4.92 Å². The Bertz CT molecular complexity index is 384. The second-order valence-electron chi connectivity index (χ2n) is 3.49. The fourth-order valence-corrected chi connectivity index (χ4v) is 1.52. The molecule has 1 rings (SSSR count). The van der Waals surface area contributed by atoms with Crippen molar-refractivity contribution in [1.82, 2.24) is 5.32 Å². The third-order valence-corrected chi connectivity index (χ3v) is 2.74. The molecule has 16 heavy (non-hydrogen) atoms. The monoisotopic (exact) mass is 287 g/mol. The van der Waals surface area contributed by atoms with Crippen LogP contribution < -0.4 is 10.6 Å². The first-order chi connectivity index (χ1) is 7.54. The first-order valence-corrected chi connectivity index (χ1v) is 5.69. The summed E-state index contributed by atoms with van der Waals surface area (Å²) in [6.45, 7) is 2.64. The van der Waals surface area contributed by atoms with Crippen LogP contribution in [0.15, 0.2) is 22.7 Å². The van der Waals surface area contributed by atoms with Crippen molar-refractivity contribution in [2.45, 2.75) is 13.0 Å². The van der Waals surface area contributed by atoms with Crippen molar-refractivity contribution in [3.05, 3.63) is 32.8 Å². The second kappa shape index (κ2) is 5.81. The van der Waals surface area contributed by atoms with E-state index in [1.807, 2.05) is 14.0 Å². The molecule has 0 amide bonds. The minimum Gasteiger partial charge on any atom is -0.378 e. The molecule has 1 aromatic rings. The number of hydrogen-bond acceptors (Lipinski definition) is 4. The predicted molar refractivity (Wildman–Crippen MR) is 67.8 cm³/mol. The number of nitrogens with zero attached hydrogens (tertiary/aromatic N) is 1. The van der Waals surface area contributed by atoms with E-state index in [4.69, 9.17) is 0 Å². The molecule has 0 fully saturated rings. The molecule has 5 nitrogen and oxygen atoms in total. The molecule has 0 radical (unpaired) electrons. The van der Waals surface area contributed by atoms with Crippen LogP contribution in [0.1, 0.15) is 6.92 Å². The van der Waals surface area contributed by atoms with E-state index < -0.39 is 4.92 Å². The minimum absolute atomic E-state index is 0.0812. The fourth-order valence-electron chi connectivity index (χ4n) is 1.17. The highest BCUT2D eigenvalue weighted by atomic mass is 79.9. The zero-order valence-corrected chi connectivity index (χ0v) is 10.7. The smallest absolute Gasteiger partial charge is 0.293 e. The lowest BCUT2D eigenvalue weighted by atomic mass is 10.2. The van der Waals surface area contributed by atoms with E-state index in [0.29, 0.717) is 16.7 Å². The number of hydrogen-bond donors (Lipinski definition) is 2. The van der Waals surface area contributed by atoms with E-state index in [1.54, 1.807) is 12.1 Å². The van der Waals surface area contributed by atoms with E-state index in [1.165, 1.54) is 6.07 Å². The van der Waals surface area contributed by atoms with Crippen molar-refractivity contribution >= 4 is 27.3 Å². The first kappa shape index (κ1) is 12.9. The first-order valence-electron chi connectivity index (χ1n) is 4.89. The molecule has 0 saturated heterocycles. The summed E-state index contributed by atoms with van der Waals surface area (Å²) in [4.78, 5) is 10.4. The number of nitro benzene ring substituents is 1. The van der Waals surface area contributed by atoms with Gasteiger partial charge in [-0.05, 0) is 26.1 Å². The van der Waals surface area contributed by atoms with Crippen molar-refractivity contribution in [1.29, 1.82) is 0 Å². The van der Waals surface area contributed by atoms with Gasteiger partial charge >= 0.3 is 0 Å². The van der Waals surface area contributed by atoms with E-state index >= 15 is 0 Å². The number of nitrogens with one attached hydrogen (secondary N) is 2. The highest BCUT2D eigenvalue weighted by molar-refractivity contribution is 9.10. The summed E-state index contributed by atoms with van der Waals surface area (Å²) < 4.78 is 0.700. The normalized spacial score (nSPS) is 12.2. The van der Waals surface area contributed by atoms with Gasteiger partial charge in [-0.2, -0.15) is 0 Å². The summed E-state index contributed by atoms with van der Waals surface area (Å²) >= 11 is 3.21. The van der Waals surface area contributed by atoms with Crippen LogP contribution in [0.2, 0.25) is 0 Å². The van der Waals surface area contributed by atoms with Gasteiger partial charge in [0.2, 0.25) is 0 Å². The van der Waals surface area contributed by atoms with Gasteiger partial charge in [-0.3, -0.25) is 10.1 Å². The van der Waals surface area contributed by atoms with Gasteiger partial charge < -0.3 is 10.6 Å². The van der Waals surface area contributed by atoms with Crippen LogP contribution >= 0.6 is 15.9 Å². The average molecular weight is 288 g/mol. The topological polar surface area (TPSA) is 67.2 Å². The SMILES string of the molecule is CNC(C)CNc1ccc(Br)cc1[N+](=O)[O-]. The Morgan fingerprint density at radius 3 is 2.81 bits per heavy atom. The summed E-state index contributed by atoms with van der Waals surface area (Å²) in [6.07, 6.45) is 0. The summed E-state index contributed by atoms with van der Waals surface area (Å²) in [5, 5.41) is 16.9. The van der Waals surface area contributed by atoms with Gasteiger partial charge in [-0.25, -0.2) is 0 Å². The Balaban J connectivity index is 2.82. The number of halogens is 1. The molecule has 2 N–H and O–H groups in total. The second-order valence-corrected chi connectivity index (χ2v) is 4.40. The summed E-state index contributed by atoms with van der Waals surface area (Å²) in [5.74, 6) is 0. The van der Waals surface area contributed by atoms with Gasteiger partial charge in [-0.15, -0.1) is 0 Å². The largest absolute Gasteiger partial charge is 0.378 e. The van der Waals surface area contributed by atoms with Gasteiger partial charge in [0.05, 0.1) is 4.92 Å². The van der Waals surface area contributed by atoms with E-state index in [9.17, 15) is 10.1 Å². The van der Waals surface area contributed by atoms with Crippen LogP contribution in [-0.2, 0) is 0 Å². The quantitative estimate of drug-likeness (QED) is 0.645. The van der Waals surface area contributed by atoms with Gasteiger partial charge in [-0.1, -0.05) is 15.9 Å². The zero-order chi connectivity index (χ0) is 12.1. The molecule has 6 heteroatoms. The highest BCUT2D eigenvalue weighted by Crippen LogP contribution is 2.27. The predicted octanol–water partition coefficient (Wildman–Crippen LogP) is 2.38. The van der Waals surface area contributed by atoms with Crippen molar-refractivity contribution in [3.63, 3.8) is 0 Å². The van der Waals surface area contributed by atoms with Crippen molar-refractivity contribution in [2.75, 3.05) is 18.9 Å². The van der Waals surface area contributed by atoms with Gasteiger partial charge in [0.15, 0.2) is 0 Å². The molecular formula is C10H14BrN3O2. The van der Waals surface area contributed by atoms with Gasteiger partial charge in [0.25, 0.3) is 5.69 Å². The number of anilines is 1. The summed E-state index contributed by atoms with van der Waals surface area (Å²) in [5.41, 5.74) is 0.618. The fraction of sp³-hybridized carbons (Fsp3) is 0.400. The third-order valence-electron chi connectivity index (χ3n) is 2.25. The molecule has 0 aliphatic carbocycles. The van der Waals surface area contributed by atoms with E-state index in [-0.39, 0.29) is 11.7 Å². The number of likely N-dealkylation sites (N-methyl/N-ethyl adjacent to an activating group) is 1. The maximum absolute atomic E-state index is 10.8. The Hall–Kier alpha value is -1.14. The summed E-state index contributed by atoms with van der Waals surface area (Å²) in [7, 11) is 1.85. The van der Waals surface area contributed by atoms with E-state index in [0.717, 1.165) is 0 Å². The number of benzene rings is 1. The van der Waals surface area contributed by atoms with Crippen molar-refractivity contribution in [2.24, 2.45) is 0 Å². The molecule has 0 heterocycles. The summed E-state index contributed by atoms with van der Waals surface area (Å²) in [6, 6.07) is 5.22. The lowest BCUT2D eigenvalue weighted by molar-refractivity contribution is -0.384. The van der Waals surface area contributed by atoms with Gasteiger partial charge in [0, 0.05) is 23.1 Å². The Labute approximate surface area is 103 Å². The molecule has 88 valence electrons. The molecule has 1 aromatic carbocycles. The average Bonchev–Trinajstić information content (AvgIpc) is 2.26. The Kier molecular flexibility index (Phi) is 4.70. The molecule has 0 spiro atoms. The molecule has 1 unspecified atom stereocenters. The van der Waals surface area contributed by atoms with Crippen molar-refractivity contribution in [3.8, 4) is 0 Å². The maximum atomic E-state index is 10.8. The van der Waals surface area contributed by atoms with Crippen LogP contribution in [0.25, 0.3) is 0 Å². The van der Waals surface area contributed by atoms with Gasteiger partial charge in [0.1, 0.15) is 5.69 Å². The molecular weight excluding hydrogens is 274 g/mol. The zero-order valence-electron chi connectivity index (χ0n) is 9.16. The molecule has 0 aliphatic heterocycles. The molecule has 1 atom stereocenters. The van der Waals surface area contributed by atoms with Crippen LogP contribution in [0.5, 0.6) is 0 Å². The van der Waals surface area contributed by atoms with Crippen LogP contribution in [0.3, 0.4) is 0 Å². The highest BCUT2D eigenvalue weighted by Gasteiger charge is 2.14. The number of nitro groups is 1. The molecule has 0 aliphatic rings.